The van der Waals surface area contributed by atoms with Gasteiger partial charge in [0.2, 0.25) is 0 Å². The third kappa shape index (κ3) is 3.11. The Balaban J connectivity index is 2.05. The summed E-state index contributed by atoms with van der Waals surface area (Å²) >= 11 is 0. The Kier molecular flexibility index (Phi) is 3.83. The number of aryl methyl sites for hydroxylation is 1. The fraction of sp³-hybridized carbons (Fsp3) is 0.286. The molecule has 0 amide bonds. The fourth-order valence-electron chi connectivity index (χ4n) is 1.74. The van der Waals surface area contributed by atoms with Gasteiger partial charge in [-0.2, -0.15) is 0 Å². The van der Waals surface area contributed by atoms with Gasteiger partial charge in [-0.1, -0.05) is 31.2 Å². The van der Waals surface area contributed by atoms with Crippen LogP contribution >= 0.6 is 0 Å². The molecule has 0 spiro atoms. The second kappa shape index (κ2) is 5.55. The third-order valence-corrected chi connectivity index (χ3v) is 2.81. The minimum atomic E-state index is -0.564. The standard InChI is InChI=1S/C14H16N2O/c1-2-11-3-5-12(6-4-11)9-14(17)13-7-8-15-10-16-13/h3-8,10,14,17H,2,9H2,1H3. The molecule has 1 N–H and O–H groups in total. The van der Waals surface area contributed by atoms with E-state index in [4.69, 9.17) is 0 Å². The minimum Gasteiger partial charge on any atom is -0.386 e. The van der Waals surface area contributed by atoms with Crippen LogP contribution in [-0.4, -0.2) is 15.1 Å². The van der Waals surface area contributed by atoms with Crippen LogP contribution in [0.4, 0.5) is 0 Å². The molecule has 17 heavy (non-hydrogen) atoms. The lowest BCUT2D eigenvalue weighted by Gasteiger charge is -2.09. The molecule has 0 radical (unpaired) electrons. The molecule has 88 valence electrons. The molecule has 0 saturated heterocycles. The molecule has 0 aliphatic carbocycles. The summed E-state index contributed by atoms with van der Waals surface area (Å²) in [5.74, 6) is 0. The van der Waals surface area contributed by atoms with E-state index in [1.165, 1.54) is 11.9 Å². The van der Waals surface area contributed by atoms with E-state index in [-0.39, 0.29) is 0 Å². The summed E-state index contributed by atoms with van der Waals surface area (Å²) < 4.78 is 0. The van der Waals surface area contributed by atoms with E-state index in [9.17, 15) is 5.11 Å². The van der Waals surface area contributed by atoms with Crippen molar-refractivity contribution in [3.8, 4) is 0 Å². The van der Waals surface area contributed by atoms with Gasteiger partial charge in [0.05, 0.1) is 5.69 Å². The monoisotopic (exact) mass is 228 g/mol. The first-order valence-corrected chi connectivity index (χ1v) is 5.81. The predicted octanol–water partition coefficient (Wildman–Crippen LogP) is 2.32. The summed E-state index contributed by atoms with van der Waals surface area (Å²) in [6, 6.07) is 10.1. The highest BCUT2D eigenvalue weighted by molar-refractivity contribution is 5.23. The van der Waals surface area contributed by atoms with Crippen molar-refractivity contribution in [3.63, 3.8) is 0 Å². The Morgan fingerprint density at radius 1 is 1.12 bits per heavy atom. The third-order valence-electron chi connectivity index (χ3n) is 2.81. The summed E-state index contributed by atoms with van der Waals surface area (Å²) in [6.45, 7) is 2.13. The zero-order valence-corrected chi connectivity index (χ0v) is 9.87. The van der Waals surface area contributed by atoms with Gasteiger partial charge >= 0.3 is 0 Å². The summed E-state index contributed by atoms with van der Waals surface area (Å²) in [6.07, 6.45) is 4.16. The quantitative estimate of drug-likeness (QED) is 0.873. The van der Waals surface area contributed by atoms with Gasteiger partial charge in [-0.15, -0.1) is 0 Å². The molecule has 3 heteroatoms. The van der Waals surface area contributed by atoms with Crippen molar-refractivity contribution in [2.24, 2.45) is 0 Å². The van der Waals surface area contributed by atoms with Crippen molar-refractivity contribution in [3.05, 3.63) is 59.7 Å². The van der Waals surface area contributed by atoms with Gasteiger partial charge in [-0.05, 0) is 23.6 Å². The molecule has 2 rings (SSSR count). The van der Waals surface area contributed by atoms with Crippen molar-refractivity contribution in [2.75, 3.05) is 0 Å². The smallest absolute Gasteiger partial charge is 0.115 e. The number of rotatable bonds is 4. The van der Waals surface area contributed by atoms with Crippen LogP contribution in [0.5, 0.6) is 0 Å². The lowest BCUT2D eigenvalue weighted by atomic mass is 10.0. The normalized spacial score (nSPS) is 12.4. The zero-order valence-electron chi connectivity index (χ0n) is 9.87. The lowest BCUT2D eigenvalue weighted by Crippen LogP contribution is -2.04. The highest BCUT2D eigenvalue weighted by atomic mass is 16.3. The number of hydrogen-bond donors (Lipinski definition) is 1. The van der Waals surface area contributed by atoms with Crippen LogP contribution in [0.15, 0.2) is 42.9 Å². The molecule has 0 fully saturated rings. The van der Waals surface area contributed by atoms with Gasteiger partial charge in [0.1, 0.15) is 12.4 Å². The van der Waals surface area contributed by atoms with Crippen molar-refractivity contribution < 1.29 is 5.11 Å². The van der Waals surface area contributed by atoms with Crippen molar-refractivity contribution in [1.82, 2.24) is 9.97 Å². The molecular formula is C14H16N2O. The maximum absolute atomic E-state index is 10.0. The number of benzene rings is 1. The Morgan fingerprint density at radius 2 is 1.82 bits per heavy atom. The first kappa shape index (κ1) is 11.7. The summed E-state index contributed by atoms with van der Waals surface area (Å²) in [5.41, 5.74) is 3.10. The van der Waals surface area contributed by atoms with Gasteiger partial charge in [0.15, 0.2) is 0 Å². The van der Waals surface area contributed by atoms with Gasteiger partial charge in [0, 0.05) is 12.6 Å². The molecule has 1 aromatic heterocycles. The first-order valence-electron chi connectivity index (χ1n) is 5.81. The highest BCUT2D eigenvalue weighted by Gasteiger charge is 2.09. The predicted molar refractivity (Wildman–Crippen MR) is 66.5 cm³/mol. The molecule has 3 nitrogen and oxygen atoms in total. The molecule has 0 bridgehead atoms. The van der Waals surface area contributed by atoms with Crippen LogP contribution in [0.3, 0.4) is 0 Å². The fourth-order valence-corrected chi connectivity index (χ4v) is 1.74. The summed E-state index contributed by atoms with van der Waals surface area (Å²) in [7, 11) is 0. The van der Waals surface area contributed by atoms with E-state index in [0.717, 1.165) is 12.0 Å². The number of aromatic nitrogens is 2. The van der Waals surface area contributed by atoms with Crippen molar-refractivity contribution in [2.45, 2.75) is 25.9 Å². The number of hydrogen-bond acceptors (Lipinski definition) is 3. The molecule has 1 atom stereocenters. The SMILES string of the molecule is CCc1ccc(CC(O)c2ccncn2)cc1. The molecular weight excluding hydrogens is 212 g/mol. The molecule has 1 aromatic carbocycles. The van der Waals surface area contributed by atoms with E-state index in [0.29, 0.717) is 12.1 Å². The maximum atomic E-state index is 10.0. The molecule has 2 aromatic rings. The average Bonchev–Trinajstić information content (AvgIpc) is 2.40. The molecule has 1 unspecified atom stereocenters. The first-order chi connectivity index (χ1) is 8.29. The second-order valence-electron chi connectivity index (χ2n) is 4.02. The van der Waals surface area contributed by atoms with E-state index in [1.54, 1.807) is 12.3 Å². The van der Waals surface area contributed by atoms with Crippen LogP contribution < -0.4 is 0 Å². The number of aliphatic hydroxyl groups is 1. The van der Waals surface area contributed by atoms with Crippen molar-refractivity contribution in [1.29, 1.82) is 0 Å². The molecule has 0 aliphatic heterocycles. The van der Waals surface area contributed by atoms with E-state index < -0.39 is 6.10 Å². The topological polar surface area (TPSA) is 46.0 Å². The highest BCUT2D eigenvalue weighted by Crippen LogP contribution is 2.16. The molecule has 0 aliphatic rings. The average molecular weight is 228 g/mol. The zero-order chi connectivity index (χ0) is 12.1. The number of nitrogens with zero attached hydrogens (tertiary/aromatic N) is 2. The second-order valence-corrected chi connectivity index (χ2v) is 4.02. The maximum Gasteiger partial charge on any atom is 0.115 e. The molecule has 1 heterocycles. The number of aliphatic hydroxyl groups excluding tert-OH is 1. The Labute approximate surface area is 101 Å². The Morgan fingerprint density at radius 3 is 2.41 bits per heavy atom. The summed E-state index contributed by atoms with van der Waals surface area (Å²) in [5, 5.41) is 10.0. The van der Waals surface area contributed by atoms with Gasteiger partial charge < -0.3 is 5.11 Å². The molecule has 0 saturated carbocycles. The largest absolute Gasteiger partial charge is 0.386 e. The van der Waals surface area contributed by atoms with Gasteiger partial charge in [-0.3, -0.25) is 0 Å². The van der Waals surface area contributed by atoms with Gasteiger partial charge in [-0.25, -0.2) is 9.97 Å². The van der Waals surface area contributed by atoms with Gasteiger partial charge in [0.25, 0.3) is 0 Å². The Bertz CT molecular complexity index is 453. The van der Waals surface area contributed by atoms with Crippen LogP contribution in [0, 0.1) is 0 Å². The van der Waals surface area contributed by atoms with Crippen LogP contribution in [-0.2, 0) is 12.8 Å². The van der Waals surface area contributed by atoms with E-state index in [1.807, 2.05) is 0 Å². The summed E-state index contributed by atoms with van der Waals surface area (Å²) in [4.78, 5) is 7.88. The van der Waals surface area contributed by atoms with Crippen LogP contribution in [0.2, 0.25) is 0 Å². The van der Waals surface area contributed by atoms with E-state index in [2.05, 4.69) is 41.2 Å². The van der Waals surface area contributed by atoms with Crippen LogP contribution in [0.25, 0.3) is 0 Å². The Hall–Kier alpha value is -1.74. The lowest BCUT2D eigenvalue weighted by molar-refractivity contribution is 0.173. The van der Waals surface area contributed by atoms with Crippen LogP contribution in [0.1, 0.15) is 29.8 Å². The van der Waals surface area contributed by atoms with Crippen molar-refractivity contribution >= 4 is 0 Å². The minimum absolute atomic E-state index is 0.564. The van der Waals surface area contributed by atoms with E-state index >= 15 is 0 Å².